The average Bonchev–Trinajstić information content (AvgIpc) is 3.15. The molecule has 0 aliphatic carbocycles. The molecule has 2 aromatic carbocycles. The number of para-hydroxylation sites is 1. The summed E-state index contributed by atoms with van der Waals surface area (Å²) < 4.78 is 35.4. The van der Waals surface area contributed by atoms with Crippen molar-refractivity contribution in [3.05, 3.63) is 70.4 Å². The third-order valence-corrected chi connectivity index (χ3v) is 5.37. The van der Waals surface area contributed by atoms with Gasteiger partial charge in [0.2, 0.25) is 6.41 Å². The lowest BCUT2D eigenvalue weighted by molar-refractivity contribution is -0.0802. The third-order valence-electron chi connectivity index (χ3n) is 5.08. The van der Waals surface area contributed by atoms with Gasteiger partial charge in [-0.25, -0.2) is 13.5 Å². The van der Waals surface area contributed by atoms with E-state index in [4.69, 9.17) is 22.1 Å². The summed E-state index contributed by atoms with van der Waals surface area (Å²) in [5, 5.41) is 16.5. The molecular weight excluding hydrogens is 444 g/mol. The van der Waals surface area contributed by atoms with Crippen LogP contribution in [0.25, 0.3) is 5.69 Å². The van der Waals surface area contributed by atoms with E-state index in [0.29, 0.717) is 6.42 Å². The number of nitrogen functional groups attached to an aromatic ring is 1. The van der Waals surface area contributed by atoms with Gasteiger partial charge in [-0.3, -0.25) is 4.79 Å². The molecule has 1 atom stereocenters. The lowest BCUT2D eigenvalue weighted by atomic mass is 10.1. The van der Waals surface area contributed by atoms with Crippen LogP contribution in [0, 0.1) is 11.6 Å². The van der Waals surface area contributed by atoms with Crippen LogP contribution in [0.3, 0.4) is 0 Å². The van der Waals surface area contributed by atoms with Gasteiger partial charge >= 0.3 is 0 Å². The van der Waals surface area contributed by atoms with Crippen molar-refractivity contribution in [3.63, 3.8) is 0 Å². The predicted octanol–water partition coefficient (Wildman–Crippen LogP) is 3.14. The average molecular weight is 464 g/mol. The smallest absolute Gasteiger partial charge is 0.259 e. The van der Waals surface area contributed by atoms with Crippen molar-refractivity contribution in [1.29, 1.82) is 0 Å². The van der Waals surface area contributed by atoms with Gasteiger partial charge in [0.05, 0.1) is 24.4 Å². The largest absolute Gasteiger partial charge is 0.383 e. The monoisotopic (exact) mass is 463 g/mol. The molecule has 1 aliphatic rings. The minimum Gasteiger partial charge on any atom is -0.383 e. The van der Waals surface area contributed by atoms with E-state index in [1.54, 1.807) is 6.07 Å². The van der Waals surface area contributed by atoms with Crippen molar-refractivity contribution >= 4 is 29.0 Å². The standard InChI is InChI=1S/C21H20ClF2N5O3/c22-14-6-7-16-13(18(14)24)11-28(8-3-9-32-21(31)27-16)20(30)12-10-26-29(19(12)25)17-5-2-1-4-15(17)23/h1-2,4-7,10,21,27,31H,3,8-9,11,25H2. The van der Waals surface area contributed by atoms with Gasteiger partial charge in [-0.05, 0) is 30.7 Å². The Hall–Kier alpha value is -3.21. The molecule has 4 rings (SSSR count). The first kappa shape index (κ1) is 22.0. The zero-order chi connectivity index (χ0) is 22.8. The number of aromatic nitrogens is 2. The van der Waals surface area contributed by atoms with Crippen molar-refractivity contribution in [3.8, 4) is 5.69 Å². The predicted molar refractivity (Wildman–Crippen MR) is 114 cm³/mol. The van der Waals surface area contributed by atoms with Crippen LogP contribution in [0.5, 0.6) is 0 Å². The Kier molecular flexibility index (Phi) is 6.26. The number of carbonyl (C=O) groups excluding carboxylic acids is 1. The molecule has 0 bridgehead atoms. The first-order chi connectivity index (χ1) is 15.4. The number of aliphatic hydroxyl groups excluding tert-OH is 1. The van der Waals surface area contributed by atoms with Gasteiger partial charge in [-0.2, -0.15) is 5.10 Å². The molecule has 11 heteroatoms. The topological polar surface area (TPSA) is 106 Å². The fourth-order valence-corrected chi connectivity index (χ4v) is 3.64. The summed E-state index contributed by atoms with van der Waals surface area (Å²) in [6.07, 6.45) is 0.270. The van der Waals surface area contributed by atoms with Crippen LogP contribution in [-0.4, -0.2) is 45.3 Å². The zero-order valence-electron chi connectivity index (χ0n) is 16.8. The molecule has 0 radical (unpaired) electrons. The Morgan fingerprint density at radius 3 is 2.84 bits per heavy atom. The number of hydrogen-bond donors (Lipinski definition) is 3. The number of nitrogens with two attached hydrogens (primary N) is 1. The summed E-state index contributed by atoms with van der Waals surface area (Å²) >= 11 is 5.94. The van der Waals surface area contributed by atoms with E-state index in [-0.39, 0.29) is 53.0 Å². The van der Waals surface area contributed by atoms with Crippen LogP contribution in [0.1, 0.15) is 22.3 Å². The van der Waals surface area contributed by atoms with E-state index >= 15 is 0 Å². The summed E-state index contributed by atoms with van der Waals surface area (Å²) in [7, 11) is 0. The molecule has 1 aromatic heterocycles. The minimum absolute atomic E-state index is 0.0446. The second kappa shape index (κ2) is 9.11. The molecule has 0 spiro atoms. The van der Waals surface area contributed by atoms with E-state index in [0.717, 1.165) is 4.68 Å². The van der Waals surface area contributed by atoms with Crippen molar-refractivity contribution < 1.29 is 23.4 Å². The fraction of sp³-hybridized carbons (Fsp3) is 0.238. The maximum absolute atomic E-state index is 14.8. The Morgan fingerprint density at radius 1 is 1.28 bits per heavy atom. The van der Waals surface area contributed by atoms with Gasteiger partial charge in [0, 0.05) is 17.8 Å². The van der Waals surface area contributed by atoms with Crippen LogP contribution in [-0.2, 0) is 11.3 Å². The fourth-order valence-electron chi connectivity index (χ4n) is 3.46. The molecule has 4 N–H and O–H groups in total. The number of rotatable bonds is 2. The van der Waals surface area contributed by atoms with Crippen molar-refractivity contribution in [2.45, 2.75) is 19.4 Å². The minimum atomic E-state index is -1.34. The van der Waals surface area contributed by atoms with Gasteiger partial charge in [-0.1, -0.05) is 23.7 Å². The Labute approximate surface area is 187 Å². The number of nitrogens with one attached hydrogen (secondary N) is 1. The summed E-state index contributed by atoms with van der Waals surface area (Å²) in [4.78, 5) is 14.7. The number of ether oxygens (including phenoxy) is 1. The number of nitrogens with zero attached hydrogens (tertiary/aromatic N) is 3. The molecule has 1 unspecified atom stereocenters. The third kappa shape index (κ3) is 4.24. The maximum Gasteiger partial charge on any atom is 0.259 e. The lowest BCUT2D eigenvalue weighted by Crippen LogP contribution is -2.35. The Morgan fingerprint density at radius 2 is 2.06 bits per heavy atom. The second-order valence-corrected chi connectivity index (χ2v) is 7.55. The number of anilines is 2. The van der Waals surface area contributed by atoms with Crippen LogP contribution in [0.15, 0.2) is 42.6 Å². The summed E-state index contributed by atoms with van der Waals surface area (Å²) in [6.45, 7) is 0.180. The van der Waals surface area contributed by atoms with E-state index in [9.17, 15) is 18.7 Å². The Bertz CT molecular complexity index is 1160. The van der Waals surface area contributed by atoms with Crippen LogP contribution in [0.2, 0.25) is 5.02 Å². The Balaban J connectivity index is 1.70. The van der Waals surface area contributed by atoms with E-state index < -0.39 is 24.0 Å². The molecule has 168 valence electrons. The van der Waals surface area contributed by atoms with Crippen LogP contribution >= 0.6 is 11.6 Å². The van der Waals surface area contributed by atoms with E-state index in [1.165, 1.54) is 41.4 Å². The number of amides is 1. The van der Waals surface area contributed by atoms with Gasteiger partial charge in [0.25, 0.3) is 5.91 Å². The maximum atomic E-state index is 14.8. The number of benzene rings is 2. The van der Waals surface area contributed by atoms with Gasteiger partial charge < -0.3 is 25.8 Å². The molecular formula is C21H20ClF2N5O3. The van der Waals surface area contributed by atoms with Gasteiger partial charge in [0.15, 0.2) is 0 Å². The molecule has 32 heavy (non-hydrogen) atoms. The van der Waals surface area contributed by atoms with E-state index in [1.807, 2.05) is 0 Å². The lowest BCUT2D eigenvalue weighted by Gasteiger charge is -2.27. The zero-order valence-corrected chi connectivity index (χ0v) is 17.5. The molecule has 8 nitrogen and oxygen atoms in total. The molecule has 1 aliphatic heterocycles. The summed E-state index contributed by atoms with van der Waals surface area (Å²) in [5.41, 5.74) is 6.58. The van der Waals surface area contributed by atoms with Crippen molar-refractivity contribution in [2.24, 2.45) is 0 Å². The summed E-state index contributed by atoms with van der Waals surface area (Å²) in [6, 6.07) is 8.72. The quantitative estimate of drug-likeness (QED) is 0.539. The highest BCUT2D eigenvalue weighted by atomic mass is 35.5. The first-order valence-electron chi connectivity index (χ1n) is 9.77. The number of fused-ring (bicyclic) bond motifs is 1. The van der Waals surface area contributed by atoms with Crippen LogP contribution < -0.4 is 11.1 Å². The normalized spacial score (nSPS) is 16.9. The van der Waals surface area contributed by atoms with Crippen LogP contribution in [0.4, 0.5) is 20.3 Å². The highest BCUT2D eigenvalue weighted by Gasteiger charge is 2.26. The highest BCUT2D eigenvalue weighted by Crippen LogP contribution is 2.29. The van der Waals surface area contributed by atoms with E-state index in [2.05, 4.69) is 10.4 Å². The molecule has 0 saturated carbocycles. The van der Waals surface area contributed by atoms with Crippen molar-refractivity contribution in [1.82, 2.24) is 14.7 Å². The number of hydrogen-bond acceptors (Lipinski definition) is 6. The second-order valence-electron chi connectivity index (χ2n) is 7.14. The molecule has 0 saturated heterocycles. The molecule has 2 heterocycles. The molecule has 1 amide bonds. The van der Waals surface area contributed by atoms with Crippen molar-refractivity contribution in [2.75, 3.05) is 24.2 Å². The number of aliphatic hydroxyl groups is 1. The SMILES string of the molecule is Nc1c(C(=O)N2CCCOC(O)Nc3ccc(Cl)c(F)c3C2)cnn1-c1ccccc1F. The molecule has 0 fully saturated rings. The molecule has 3 aromatic rings. The number of halogens is 3. The summed E-state index contributed by atoms with van der Waals surface area (Å²) in [5.74, 6) is -1.84. The van der Waals surface area contributed by atoms with Gasteiger partial charge in [0.1, 0.15) is 28.7 Å². The first-order valence-corrected chi connectivity index (χ1v) is 10.2. The highest BCUT2D eigenvalue weighted by molar-refractivity contribution is 6.30. The van der Waals surface area contributed by atoms with Gasteiger partial charge in [-0.15, -0.1) is 0 Å². The number of carbonyl (C=O) groups is 1.